The lowest BCUT2D eigenvalue weighted by Crippen LogP contribution is -2.05. The van der Waals surface area contributed by atoms with Gasteiger partial charge in [0.05, 0.1) is 16.8 Å². The van der Waals surface area contributed by atoms with Gasteiger partial charge in [-0.25, -0.2) is 4.98 Å². The fourth-order valence-corrected chi connectivity index (χ4v) is 3.01. The maximum Gasteiger partial charge on any atom is 0.184 e. The molecule has 5 nitrogen and oxygen atoms in total. The minimum absolute atomic E-state index is 0.623. The van der Waals surface area contributed by atoms with Crippen LogP contribution in [-0.2, 0) is 13.6 Å². The van der Waals surface area contributed by atoms with Crippen molar-refractivity contribution >= 4 is 42.6 Å². The Morgan fingerprint density at radius 3 is 3.11 bits per heavy atom. The maximum absolute atomic E-state index is 4.51. The summed E-state index contributed by atoms with van der Waals surface area (Å²) >= 11 is 5.09. The largest absolute Gasteiger partial charge is 0.354 e. The van der Waals surface area contributed by atoms with Crippen LogP contribution in [0.5, 0.6) is 0 Å². The molecule has 1 aromatic carbocycles. The molecule has 0 amide bonds. The number of nitrogens with one attached hydrogen (secondary N) is 1. The lowest BCUT2D eigenvalue weighted by molar-refractivity contribution is 0.812. The molecule has 0 saturated carbocycles. The quantitative estimate of drug-likeness (QED) is 0.805. The highest BCUT2D eigenvalue weighted by molar-refractivity contribution is 9.10. The molecule has 0 saturated heterocycles. The topological polar surface area (TPSA) is 55.6 Å². The van der Waals surface area contributed by atoms with Crippen molar-refractivity contribution in [2.45, 2.75) is 6.54 Å². The summed E-state index contributed by atoms with van der Waals surface area (Å²) in [5.41, 5.74) is 1.00. The summed E-state index contributed by atoms with van der Waals surface area (Å²) in [6.45, 7) is 0.623. The Labute approximate surface area is 116 Å². The molecular weight excluding hydrogens is 314 g/mol. The predicted molar refractivity (Wildman–Crippen MR) is 75.6 cm³/mol. The molecule has 18 heavy (non-hydrogen) atoms. The number of hydrogen-bond acceptors (Lipinski definition) is 5. The standard InChI is InChI=1S/C11H10BrN5S/c1-17-6-14-16-10(17)5-13-11-15-8-3-2-7(12)4-9(8)18-11/h2-4,6H,5H2,1H3,(H,13,15). The molecule has 0 atom stereocenters. The second-order valence-corrected chi connectivity index (χ2v) is 5.79. The van der Waals surface area contributed by atoms with Crippen molar-refractivity contribution in [3.63, 3.8) is 0 Å². The first-order chi connectivity index (χ1) is 8.72. The Bertz CT molecular complexity index is 690. The molecule has 3 rings (SSSR count). The number of aryl methyl sites for hydroxylation is 1. The second kappa shape index (κ2) is 4.66. The van der Waals surface area contributed by atoms with Gasteiger partial charge in [-0.3, -0.25) is 0 Å². The van der Waals surface area contributed by atoms with E-state index in [4.69, 9.17) is 0 Å². The number of hydrogen-bond donors (Lipinski definition) is 1. The number of aromatic nitrogens is 4. The van der Waals surface area contributed by atoms with Crippen molar-refractivity contribution in [2.24, 2.45) is 7.05 Å². The molecule has 0 bridgehead atoms. The molecule has 0 aliphatic heterocycles. The van der Waals surface area contributed by atoms with Crippen molar-refractivity contribution in [2.75, 3.05) is 5.32 Å². The average molecular weight is 324 g/mol. The van der Waals surface area contributed by atoms with E-state index in [1.54, 1.807) is 17.7 Å². The summed E-state index contributed by atoms with van der Waals surface area (Å²) in [5, 5.41) is 12.0. The summed E-state index contributed by atoms with van der Waals surface area (Å²) in [4.78, 5) is 4.51. The lowest BCUT2D eigenvalue weighted by Gasteiger charge is -2.00. The van der Waals surface area contributed by atoms with Gasteiger partial charge in [-0.15, -0.1) is 10.2 Å². The van der Waals surface area contributed by atoms with E-state index in [0.29, 0.717) is 6.54 Å². The zero-order valence-electron chi connectivity index (χ0n) is 9.59. The van der Waals surface area contributed by atoms with Crippen molar-refractivity contribution in [3.8, 4) is 0 Å². The van der Waals surface area contributed by atoms with Gasteiger partial charge in [-0.05, 0) is 18.2 Å². The third-order valence-corrected chi connectivity index (χ3v) is 4.02. The number of fused-ring (bicyclic) bond motifs is 1. The smallest absolute Gasteiger partial charge is 0.184 e. The molecule has 0 radical (unpaired) electrons. The Morgan fingerprint density at radius 2 is 2.33 bits per heavy atom. The molecule has 7 heteroatoms. The molecule has 2 aromatic heterocycles. The average Bonchev–Trinajstić information content (AvgIpc) is 2.92. The summed E-state index contributed by atoms with van der Waals surface area (Å²) in [6.07, 6.45) is 1.69. The van der Waals surface area contributed by atoms with Gasteiger partial charge >= 0.3 is 0 Å². The number of benzene rings is 1. The third-order valence-electron chi connectivity index (χ3n) is 2.55. The van der Waals surface area contributed by atoms with Gasteiger partial charge in [0, 0.05) is 11.5 Å². The zero-order valence-corrected chi connectivity index (χ0v) is 12.0. The fourth-order valence-electron chi connectivity index (χ4n) is 1.60. The monoisotopic (exact) mass is 323 g/mol. The molecular formula is C11H10BrN5S. The summed E-state index contributed by atoms with van der Waals surface area (Å²) in [6, 6.07) is 6.07. The van der Waals surface area contributed by atoms with Crippen molar-refractivity contribution in [3.05, 3.63) is 34.8 Å². The molecule has 2 heterocycles. The van der Waals surface area contributed by atoms with Crippen LogP contribution in [0.15, 0.2) is 29.0 Å². The number of anilines is 1. The highest BCUT2D eigenvalue weighted by Crippen LogP contribution is 2.28. The van der Waals surface area contributed by atoms with E-state index in [9.17, 15) is 0 Å². The molecule has 0 fully saturated rings. The first-order valence-corrected chi connectivity index (χ1v) is 6.96. The van der Waals surface area contributed by atoms with Gasteiger partial charge < -0.3 is 9.88 Å². The third kappa shape index (κ3) is 2.23. The highest BCUT2D eigenvalue weighted by atomic mass is 79.9. The number of halogens is 1. The number of thiazole rings is 1. The molecule has 92 valence electrons. The lowest BCUT2D eigenvalue weighted by atomic mass is 10.3. The van der Waals surface area contributed by atoms with Crippen LogP contribution in [0.1, 0.15) is 5.82 Å². The molecule has 1 N–H and O–H groups in total. The van der Waals surface area contributed by atoms with Gasteiger partial charge in [0.1, 0.15) is 6.33 Å². The van der Waals surface area contributed by atoms with Gasteiger partial charge in [0.25, 0.3) is 0 Å². The van der Waals surface area contributed by atoms with E-state index < -0.39 is 0 Å². The Hall–Kier alpha value is -1.47. The van der Waals surface area contributed by atoms with Crippen molar-refractivity contribution in [1.29, 1.82) is 0 Å². The molecule has 0 aliphatic rings. The molecule has 0 spiro atoms. The first-order valence-electron chi connectivity index (χ1n) is 5.35. The Morgan fingerprint density at radius 1 is 1.44 bits per heavy atom. The van der Waals surface area contributed by atoms with Crippen LogP contribution in [0.4, 0.5) is 5.13 Å². The van der Waals surface area contributed by atoms with Gasteiger partial charge in [0.15, 0.2) is 11.0 Å². The van der Waals surface area contributed by atoms with Crippen LogP contribution in [0.25, 0.3) is 10.2 Å². The van der Waals surface area contributed by atoms with Crippen LogP contribution >= 0.6 is 27.3 Å². The molecule has 0 unspecified atom stereocenters. The van der Waals surface area contributed by atoms with Crippen LogP contribution in [0, 0.1) is 0 Å². The van der Waals surface area contributed by atoms with E-state index in [1.807, 2.05) is 23.7 Å². The summed E-state index contributed by atoms with van der Waals surface area (Å²) in [5.74, 6) is 0.885. The first kappa shape index (κ1) is 11.6. The van der Waals surface area contributed by atoms with E-state index >= 15 is 0 Å². The molecule has 3 aromatic rings. The van der Waals surface area contributed by atoms with E-state index in [0.717, 1.165) is 25.6 Å². The minimum Gasteiger partial charge on any atom is -0.354 e. The van der Waals surface area contributed by atoms with Gasteiger partial charge in [0.2, 0.25) is 0 Å². The zero-order chi connectivity index (χ0) is 12.5. The summed E-state index contributed by atoms with van der Waals surface area (Å²) in [7, 11) is 1.92. The fraction of sp³-hybridized carbons (Fsp3) is 0.182. The molecule has 0 aliphatic carbocycles. The summed E-state index contributed by atoms with van der Waals surface area (Å²) < 4.78 is 4.11. The SMILES string of the molecule is Cn1cnnc1CNc1nc2ccc(Br)cc2s1. The van der Waals surface area contributed by atoms with E-state index in [-0.39, 0.29) is 0 Å². The van der Waals surface area contributed by atoms with Gasteiger partial charge in [-0.1, -0.05) is 27.3 Å². The normalized spacial score (nSPS) is 11.0. The highest BCUT2D eigenvalue weighted by Gasteiger charge is 2.05. The number of nitrogens with zero attached hydrogens (tertiary/aromatic N) is 4. The van der Waals surface area contributed by atoms with Gasteiger partial charge in [-0.2, -0.15) is 0 Å². The van der Waals surface area contributed by atoms with Crippen LogP contribution in [0.2, 0.25) is 0 Å². The number of rotatable bonds is 3. The van der Waals surface area contributed by atoms with Crippen LogP contribution in [-0.4, -0.2) is 19.7 Å². The minimum atomic E-state index is 0.623. The maximum atomic E-state index is 4.51. The second-order valence-electron chi connectivity index (χ2n) is 3.84. The Kier molecular flexibility index (Phi) is 3.00. The van der Waals surface area contributed by atoms with Crippen LogP contribution < -0.4 is 5.32 Å². The Balaban J connectivity index is 1.81. The van der Waals surface area contributed by atoms with E-state index in [1.165, 1.54) is 0 Å². The van der Waals surface area contributed by atoms with E-state index in [2.05, 4.69) is 42.5 Å². The van der Waals surface area contributed by atoms with Crippen molar-refractivity contribution in [1.82, 2.24) is 19.7 Å². The van der Waals surface area contributed by atoms with Crippen molar-refractivity contribution < 1.29 is 0 Å². The van der Waals surface area contributed by atoms with Crippen LogP contribution in [0.3, 0.4) is 0 Å². The predicted octanol–water partition coefficient (Wildman–Crippen LogP) is 2.80.